The van der Waals surface area contributed by atoms with E-state index >= 15 is 0 Å². The van der Waals surface area contributed by atoms with Crippen molar-refractivity contribution in [2.45, 2.75) is 116 Å². The largest absolute Gasteiger partial charge is 0.465 e. The van der Waals surface area contributed by atoms with Crippen molar-refractivity contribution in [3.63, 3.8) is 0 Å². The van der Waals surface area contributed by atoms with E-state index in [1.807, 2.05) is 6.92 Å². The van der Waals surface area contributed by atoms with Gasteiger partial charge in [-0.1, -0.05) is 84.5 Å². The molecule has 4 nitrogen and oxygen atoms in total. The fourth-order valence-corrected chi connectivity index (χ4v) is 3.04. The highest BCUT2D eigenvalue weighted by Crippen LogP contribution is 2.11. The van der Waals surface area contributed by atoms with E-state index in [2.05, 4.69) is 19.2 Å². The van der Waals surface area contributed by atoms with E-state index in [0.717, 1.165) is 38.5 Å². The molecule has 0 rings (SSSR count). The molecule has 0 aliphatic rings. The molecule has 2 unspecified atom stereocenters. The number of carbonyl (C=O) groups excluding carboxylic acids is 1. The number of aliphatic hydroxyl groups excluding tert-OH is 1. The average molecular weight is 358 g/mol. The smallest absolute Gasteiger partial charge is 0.323 e. The fourth-order valence-electron chi connectivity index (χ4n) is 3.04. The van der Waals surface area contributed by atoms with Crippen molar-refractivity contribution in [2.75, 3.05) is 13.2 Å². The molecular formula is C21H43NO3. The fraction of sp³-hybridized carbons (Fsp3) is 0.952. The van der Waals surface area contributed by atoms with Crippen molar-refractivity contribution >= 4 is 5.97 Å². The Hall–Kier alpha value is -0.610. The molecule has 4 heteroatoms. The zero-order valence-corrected chi connectivity index (χ0v) is 17.0. The highest BCUT2D eigenvalue weighted by Gasteiger charge is 2.19. The molecule has 0 amide bonds. The van der Waals surface area contributed by atoms with Crippen LogP contribution in [0.25, 0.3) is 0 Å². The lowest BCUT2D eigenvalue weighted by Crippen LogP contribution is -2.42. The lowest BCUT2D eigenvalue weighted by Gasteiger charge is -2.19. The highest BCUT2D eigenvalue weighted by molar-refractivity contribution is 5.75. The van der Waals surface area contributed by atoms with Gasteiger partial charge in [0.15, 0.2) is 0 Å². The molecule has 0 heterocycles. The molecule has 0 saturated carbocycles. The van der Waals surface area contributed by atoms with Crippen LogP contribution in [0.1, 0.15) is 104 Å². The Kier molecular flexibility index (Phi) is 17.7. The normalized spacial score (nSPS) is 13.6. The molecule has 0 aromatic rings. The summed E-state index contributed by atoms with van der Waals surface area (Å²) < 4.78 is 5.14. The summed E-state index contributed by atoms with van der Waals surface area (Å²) in [6.07, 6.45) is 14.7. The zero-order valence-electron chi connectivity index (χ0n) is 17.0. The SMILES string of the molecule is CCCCCCCCCCC(O)CNC(CCCCC)C(=O)OCC. The zero-order chi connectivity index (χ0) is 18.8. The third kappa shape index (κ3) is 15.4. The predicted octanol–water partition coefficient (Wildman–Crippen LogP) is 4.98. The van der Waals surface area contributed by atoms with Gasteiger partial charge in [0.25, 0.3) is 0 Å². The Balaban J connectivity index is 3.81. The summed E-state index contributed by atoms with van der Waals surface area (Å²) in [5.41, 5.74) is 0. The summed E-state index contributed by atoms with van der Waals surface area (Å²) in [4.78, 5) is 12.0. The van der Waals surface area contributed by atoms with Gasteiger partial charge >= 0.3 is 5.97 Å². The summed E-state index contributed by atoms with van der Waals surface area (Å²) in [6, 6.07) is -0.278. The molecule has 0 fully saturated rings. The van der Waals surface area contributed by atoms with Crippen LogP contribution >= 0.6 is 0 Å². The van der Waals surface area contributed by atoms with E-state index in [1.165, 1.54) is 44.9 Å². The first kappa shape index (κ1) is 24.4. The van der Waals surface area contributed by atoms with Crippen LogP contribution in [0.5, 0.6) is 0 Å². The lowest BCUT2D eigenvalue weighted by atomic mass is 10.0. The molecule has 150 valence electrons. The van der Waals surface area contributed by atoms with Crippen LogP contribution in [0.2, 0.25) is 0 Å². The van der Waals surface area contributed by atoms with Crippen molar-refractivity contribution in [2.24, 2.45) is 0 Å². The summed E-state index contributed by atoms with van der Waals surface area (Å²) in [6.45, 7) is 7.11. The molecule has 0 aliphatic heterocycles. The van der Waals surface area contributed by atoms with Gasteiger partial charge in [-0.05, 0) is 19.8 Å². The highest BCUT2D eigenvalue weighted by atomic mass is 16.5. The number of carbonyl (C=O) groups is 1. The van der Waals surface area contributed by atoms with Crippen LogP contribution in [0.3, 0.4) is 0 Å². The quantitative estimate of drug-likeness (QED) is 0.268. The number of hydrogen-bond donors (Lipinski definition) is 2. The summed E-state index contributed by atoms with van der Waals surface area (Å²) in [5, 5.41) is 13.4. The van der Waals surface area contributed by atoms with Crippen molar-refractivity contribution in [3.8, 4) is 0 Å². The third-order valence-corrected chi connectivity index (χ3v) is 4.66. The van der Waals surface area contributed by atoms with E-state index in [4.69, 9.17) is 4.74 Å². The predicted molar refractivity (Wildman–Crippen MR) is 106 cm³/mol. The molecule has 0 saturated heterocycles. The van der Waals surface area contributed by atoms with Crippen LogP contribution in [0.15, 0.2) is 0 Å². The van der Waals surface area contributed by atoms with Crippen LogP contribution in [-0.2, 0) is 9.53 Å². The van der Waals surface area contributed by atoms with Gasteiger partial charge in [-0.3, -0.25) is 4.79 Å². The van der Waals surface area contributed by atoms with E-state index in [9.17, 15) is 9.90 Å². The third-order valence-electron chi connectivity index (χ3n) is 4.66. The van der Waals surface area contributed by atoms with E-state index in [-0.39, 0.29) is 18.1 Å². The van der Waals surface area contributed by atoms with Gasteiger partial charge < -0.3 is 15.2 Å². The Labute approximate surface area is 156 Å². The van der Waals surface area contributed by atoms with E-state index in [1.54, 1.807) is 0 Å². The number of nitrogens with one attached hydrogen (secondary N) is 1. The minimum absolute atomic E-state index is 0.183. The van der Waals surface area contributed by atoms with Crippen LogP contribution in [0, 0.1) is 0 Å². The Bertz CT molecular complexity index is 297. The monoisotopic (exact) mass is 357 g/mol. The molecule has 0 spiro atoms. The van der Waals surface area contributed by atoms with Crippen molar-refractivity contribution < 1.29 is 14.6 Å². The molecule has 0 bridgehead atoms. The molecule has 0 radical (unpaired) electrons. The van der Waals surface area contributed by atoms with Gasteiger partial charge in [0.2, 0.25) is 0 Å². The number of unbranched alkanes of at least 4 members (excludes halogenated alkanes) is 9. The topological polar surface area (TPSA) is 58.6 Å². The van der Waals surface area contributed by atoms with Crippen molar-refractivity contribution in [3.05, 3.63) is 0 Å². The van der Waals surface area contributed by atoms with Crippen molar-refractivity contribution in [1.29, 1.82) is 0 Å². The first-order valence-electron chi connectivity index (χ1n) is 10.7. The minimum Gasteiger partial charge on any atom is -0.465 e. The summed E-state index contributed by atoms with van der Waals surface area (Å²) >= 11 is 0. The van der Waals surface area contributed by atoms with Crippen LogP contribution < -0.4 is 5.32 Å². The van der Waals surface area contributed by atoms with Gasteiger partial charge in [0.05, 0.1) is 12.7 Å². The van der Waals surface area contributed by atoms with Gasteiger partial charge in [-0.2, -0.15) is 0 Å². The average Bonchev–Trinajstić information content (AvgIpc) is 2.60. The number of esters is 1. The second-order valence-electron chi connectivity index (χ2n) is 7.13. The number of aliphatic hydroxyl groups is 1. The minimum atomic E-state index is -0.372. The first-order valence-corrected chi connectivity index (χ1v) is 10.7. The lowest BCUT2D eigenvalue weighted by molar-refractivity contribution is -0.146. The molecular weight excluding hydrogens is 314 g/mol. The van der Waals surface area contributed by atoms with Gasteiger partial charge in [-0.25, -0.2) is 0 Å². The summed E-state index contributed by atoms with van der Waals surface area (Å²) in [7, 11) is 0. The Morgan fingerprint density at radius 2 is 1.36 bits per heavy atom. The Morgan fingerprint density at radius 1 is 0.840 bits per heavy atom. The van der Waals surface area contributed by atoms with Gasteiger partial charge in [-0.15, -0.1) is 0 Å². The maximum absolute atomic E-state index is 12.0. The maximum atomic E-state index is 12.0. The number of hydrogen-bond acceptors (Lipinski definition) is 4. The van der Waals surface area contributed by atoms with E-state index < -0.39 is 0 Å². The standard InChI is InChI=1S/C21H43NO3/c1-4-7-9-10-11-12-13-15-16-19(23)18-22-20(17-14-8-5-2)21(24)25-6-3/h19-20,22-23H,4-18H2,1-3H3. The van der Waals surface area contributed by atoms with E-state index in [0.29, 0.717) is 13.2 Å². The number of rotatable bonds is 18. The number of ether oxygens (including phenoxy) is 1. The Morgan fingerprint density at radius 3 is 1.96 bits per heavy atom. The summed E-state index contributed by atoms with van der Waals surface area (Å²) in [5.74, 6) is -0.183. The molecule has 0 aromatic carbocycles. The molecule has 0 aliphatic carbocycles. The molecule has 2 N–H and O–H groups in total. The first-order chi connectivity index (χ1) is 12.2. The second-order valence-corrected chi connectivity index (χ2v) is 7.13. The van der Waals surface area contributed by atoms with Crippen LogP contribution in [-0.4, -0.2) is 36.4 Å². The van der Waals surface area contributed by atoms with Crippen LogP contribution in [0.4, 0.5) is 0 Å². The van der Waals surface area contributed by atoms with Gasteiger partial charge in [0.1, 0.15) is 6.04 Å². The maximum Gasteiger partial charge on any atom is 0.323 e. The molecule has 25 heavy (non-hydrogen) atoms. The molecule has 2 atom stereocenters. The second kappa shape index (κ2) is 18.2. The molecule has 0 aromatic heterocycles. The van der Waals surface area contributed by atoms with Crippen molar-refractivity contribution in [1.82, 2.24) is 5.32 Å². The van der Waals surface area contributed by atoms with Gasteiger partial charge in [0, 0.05) is 6.54 Å².